The maximum absolute atomic E-state index is 8.79. The van der Waals surface area contributed by atoms with Crippen LogP contribution in [0.3, 0.4) is 0 Å². The predicted octanol–water partition coefficient (Wildman–Crippen LogP) is -0.603. The molecule has 0 radical (unpaired) electrons. The van der Waals surface area contributed by atoms with Crippen LogP contribution in [0.25, 0.3) is 0 Å². The molecule has 0 unspecified atom stereocenters. The largest absolute Gasteiger partial charge is 0.392 e. The molecule has 1 fully saturated rings. The second-order valence-electron chi connectivity index (χ2n) is 2.20. The van der Waals surface area contributed by atoms with E-state index in [-0.39, 0.29) is 6.61 Å². The average molecular weight is 142 g/mol. The van der Waals surface area contributed by atoms with E-state index in [9.17, 15) is 0 Å². The number of hydrogen-bond donors (Lipinski definition) is 1. The Kier molecular flexibility index (Phi) is 2.28. The van der Waals surface area contributed by atoms with Crippen LogP contribution in [0.1, 0.15) is 0 Å². The van der Waals surface area contributed by atoms with Crippen molar-refractivity contribution in [3.63, 3.8) is 0 Å². The average Bonchev–Trinajstić information content (AvgIpc) is 2.06. The molecule has 0 amide bonds. The van der Waals surface area contributed by atoms with Crippen LogP contribution in [0.5, 0.6) is 0 Å². The molecule has 0 aromatic rings. The second kappa shape index (κ2) is 3.02. The van der Waals surface area contributed by atoms with Crippen molar-refractivity contribution in [1.82, 2.24) is 0 Å². The van der Waals surface area contributed by atoms with Gasteiger partial charge in [0.25, 0.3) is 0 Å². The number of hydrogen-bond acceptors (Lipinski definition) is 3. The zero-order valence-electron chi connectivity index (χ0n) is 5.67. The van der Waals surface area contributed by atoms with Crippen LogP contribution in [0.2, 0.25) is 0 Å². The molecular formula is C7H10O3. The lowest BCUT2D eigenvalue weighted by molar-refractivity contribution is -0.143. The van der Waals surface area contributed by atoms with Gasteiger partial charge in [-0.1, -0.05) is 5.92 Å². The van der Waals surface area contributed by atoms with Crippen molar-refractivity contribution in [1.29, 1.82) is 0 Å². The van der Waals surface area contributed by atoms with E-state index in [4.69, 9.17) is 21.0 Å². The van der Waals surface area contributed by atoms with E-state index in [0.717, 1.165) is 0 Å². The summed E-state index contributed by atoms with van der Waals surface area (Å²) in [4.78, 5) is 0. The lowest BCUT2D eigenvalue weighted by atomic mass is 10.1. The van der Waals surface area contributed by atoms with Gasteiger partial charge in [0, 0.05) is 0 Å². The number of rotatable bonds is 1. The van der Waals surface area contributed by atoms with Gasteiger partial charge in [-0.25, -0.2) is 0 Å². The van der Waals surface area contributed by atoms with Gasteiger partial charge in [-0.05, 0) is 0 Å². The Balaban J connectivity index is 2.55. The molecular weight excluding hydrogens is 132 g/mol. The molecule has 56 valence electrons. The van der Waals surface area contributed by atoms with E-state index in [1.165, 1.54) is 0 Å². The molecule has 0 bridgehead atoms. The van der Waals surface area contributed by atoms with Crippen molar-refractivity contribution in [3.8, 4) is 12.3 Å². The highest BCUT2D eigenvalue weighted by atomic mass is 16.6. The standard InChI is InChI=1S/C7H10O3/c1-2-7(5-8)6-9-3-4-10-7/h1,8H,3-6H2/t7-/m0/s1. The van der Waals surface area contributed by atoms with Gasteiger partial charge >= 0.3 is 0 Å². The van der Waals surface area contributed by atoms with Crippen LogP contribution in [0.15, 0.2) is 0 Å². The van der Waals surface area contributed by atoms with Crippen LogP contribution >= 0.6 is 0 Å². The summed E-state index contributed by atoms with van der Waals surface area (Å²) in [7, 11) is 0. The van der Waals surface area contributed by atoms with Crippen LogP contribution in [0.4, 0.5) is 0 Å². The minimum atomic E-state index is -0.877. The maximum atomic E-state index is 8.79. The molecule has 0 spiro atoms. The normalized spacial score (nSPS) is 33.2. The van der Waals surface area contributed by atoms with Crippen LogP contribution in [-0.4, -0.2) is 37.1 Å². The highest BCUT2D eigenvalue weighted by Crippen LogP contribution is 2.13. The summed E-state index contributed by atoms with van der Waals surface area (Å²) in [6.45, 7) is 1.14. The number of aliphatic hydroxyl groups is 1. The Labute approximate surface area is 59.9 Å². The summed E-state index contributed by atoms with van der Waals surface area (Å²) in [5.41, 5.74) is -0.877. The minimum absolute atomic E-state index is 0.177. The summed E-state index contributed by atoms with van der Waals surface area (Å²) in [5.74, 6) is 2.37. The first-order chi connectivity index (χ1) is 4.83. The molecule has 0 aromatic carbocycles. The van der Waals surface area contributed by atoms with Crippen molar-refractivity contribution in [3.05, 3.63) is 0 Å². The van der Waals surface area contributed by atoms with Gasteiger partial charge in [0.05, 0.1) is 26.4 Å². The van der Waals surface area contributed by atoms with Gasteiger partial charge in [-0.15, -0.1) is 6.42 Å². The van der Waals surface area contributed by atoms with Crippen molar-refractivity contribution in [2.45, 2.75) is 5.60 Å². The van der Waals surface area contributed by atoms with Gasteiger partial charge in [-0.3, -0.25) is 0 Å². The van der Waals surface area contributed by atoms with E-state index in [0.29, 0.717) is 19.8 Å². The van der Waals surface area contributed by atoms with Gasteiger partial charge in [0.1, 0.15) is 0 Å². The van der Waals surface area contributed by atoms with E-state index >= 15 is 0 Å². The molecule has 0 aromatic heterocycles. The second-order valence-corrected chi connectivity index (χ2v) is 2.20. The van der Waals surface area contributed by atoms with Crippen molar-refractivity contribution >= 4 is 0 Å². The highest BCUT2D eigenvalue weighted by molar-refractivity contribution is 5.09. The molecule has 1 rings (SSSR count). The molecule has 1 aliphatic rings. The smallest absolute Gasteiger partial charge is 0.174 e. The van der Waals surface area contributed by atoms with E-state index in [2.05, 4.69) is 5.92 Å². The molecule has 3 heteroatoms. The maximum Gasteiger partial charge on any atom is 0.174 e. The molecule has 1 saturated heterocycles. The fourth-order valence-electron chi connectivity index (χ4n) is 0.795. The van der Waals surface area contributed by atoms with Gasteiger partial charge in [0.2, 0.25) is 0 Å². The van der Waals surface area contributed by atoms with Crippen molar-refractivity contribution < 1.29 is 14.6 Å². The Morgan fingerprint density at radius 3 is 2.70 bits per heavy atom. The van der Waals surface area contributed by atoms with Gasteiger partial charge < -0.3 is 14.6 Å². The molecule has 0 aliphatic carbocycles. The fourth-order valence-corrected chi connectivity index (χ4v) is 0.795. The zero-order valence-corrected chi connectivity index (χ0v) is 5.67. The Morgan fingerprint density at radius 1 is 1.60 bits per heavy atom. The topological polar surface area (TPSA) is 38.7 Å². The number of terminal acetylenes is 1. The molecule has 1 atom stereocenters. The van der Waals surface area contributed by atoms with Crippen molar-refractivity contribution in [2.75, 3.05) is 26.4 Å². The van der Waals surface area contributed by atoms with Crippen molar-refractivity contribution in [2.24, 2.45) is 0 Å². The minimum Gasteiger partial charge on any atom is -0.392 e. The summed E-state index contributed by atoms with van der Waals surface area (Å²) < 4.78 is 10.2. The van der Waals surface area contributed by atoms with Crippen LogP contribution in [0, 0.1) is 12.3 Å². The molecule has 0 saturated carbocycles. The van der Waals surface area contributed by atoms with E-state index in [1.54, 1.807) is 0 Å². The lowest BCUT2D eigenvalue weighted by Crippen LogP contribution is -2.45. The van der Waals surface area contributed by atoms with Crippen LogP contribution in [-0.2, 0) is 9.47 Å². The quantitative estimate of drug-likeness (QED) is 0.497. The third kappa shape index (κ3) is 1.29. The highest BCUT2D eigenvalue weighted by Gasteiger charge is 2.30. The molecule has 10 heavy (non-hydrogen) atoms. The Hall–Kier alpha value is -0.560. The molecule has 1 aliphatic heterocycles. The van der Waals surface area contributed by atoms with E-state index < -0.39 is 5.60 Å². The fraction of sp³-hybridized carbons (Fsp3) is 0.714. The first kappa shape index (κ1) is 7.55. The summed E-state index contributed by atoms with van der Waals surface area (Å²) >= 11 is 0. The van der Waals surface area contributed by atoms with Gasteiger partial charge in [-0.2, -0.15) is 0 Å². The molecule has 3 nitrogen and oxygen atoms in total. The first-order valence-corrected chi connectivity index (χ1v) is 3.13. The Bertz CT molecular complexity index is 141. The monoisotopic (exact) mass is 142 g/mol. The number of aliphatic hydroxyl groups excluding tert-OH is 1. The Morgan fingerprint density at radius 2 is 2.40 bits per heavy atom. The number of ether oxygens (including phenoxy) is 2. The van der Waals surface area contributed by atoms with E-state index in [1.807, 2.05) is 0 Å². The summed E-state index contributed by atoms with van der Waals surface area (Å²) in [6, 6.07) is 0. The van der Waals surface area contributed by atoms with Crippen LogP contribution < -0.4 is 0 Å². The molecule has 1 heterocycles. The predicted molar refractivity (Wildman–Crippen MR) is 35.4 cm³/mol. The lowest BCUT2D eigenvalue weighted by Gasteiger charge is -2.30. The summed E-state index contributed by atoms with van der Waals surface area (Å²) in [5, 5.41) is 8.79. The first-order valence-electron chi connectivity index (χ1n) is 3.13. The SMILES string of the molecule is C#C[C@]1(CO)COCCO1. The zero-order chi connectivity index (χ0) is 7.45. The summed E-state index contributed by atoms with van der Waals surface area (Å²) in [6.07, 6.45) is 5.13. The van der Waals surface area contributed by atoms with Gasteiger partial charge in [0.15, 0.2) is 5.60 Å². The third-order valence-corrected chi connectivity index (χ3v) is 1.46. The third-order valence-electron chi connectivity index (χ3n) is 1.46. The molecule has 1 N–H and O–H groups in total.